The Balaban J connectivity index is 3.54. The molecule has 14 nitrogen and oxygen atoms in total. The summed E-state index contributed by atoms with van der Waals surface area (Å²) in [6, 6.07) is -0.717. The fourth-order valence-corrected chi connectivity index (χ4v) is 5.63. The van der Waals surface area contributed by atoms with Crippen LogP contribution >= 0.6 is 31.9 Å². The topological polar surface area (TPSA) is 182 Å². The standard InChI is InChI=1S/C38H71Br2N5O9/c1-2-3-4-5-6-7-8-9-10-11-12-13-14-17-34(46)42-20-24-52-29-30-53-25-21-43-35(47)18-23-51-27-28-54-26-22-44-38(50)33(45-37(49)32-40)16-15-19-41-36(48)31-39/h33H,2-32H2,1H3,(H,41,48)(H,42,46)(H,43,47)(H,44,50)(H,45,49)/t33-/m0/s1. The molecule has 1 atom stereocenters. The van der Waals surface area contributed by atoms with Crippen LogP contribution < -0.4 is 26.6 Å². The maximum atomic E-state index is 12.5. The van der Waals surface area contributed by atoms with Crippen molar-refractivity contribution in [2.24, 2.45) is 0 Å². The van der Waals surface area contributed by atoms with E-state index in [1.807, 2.05) is 0 Å². The van der Waals surface area contributed by atoms with Gasteiger partial charge in [-0.15, -0.1) is 0 Å². The molecule has 0 aliphatic heterocycles. The smallest absolute Gasteiger partial charge is 0.242 e. The summed E-state index contributed by atoms with van der Waals surface area (Å²) in [6.07, 6.45) is 18.5. The third-order valence-corrected chi connectivity index (χ3v) is 9.31. The highest BCUT2D eigenvalue weighted by Gasteiger charge is 2.19. The second-order valence-electron chi connectivity index (χ2n) is 13.1. The SMILES string of the molecule is CCCCCCCCCCCCCCCC(=O)NCCOCCOCCNC(=O)CCOCCOCCNC(=O)[C@H](CCCNC(=O)CBr)NC(=O)CBr. The van der Waals surface area contributed by atoms with E-state index in [-0.39, 0.29) is 66.4 Å². The van der Waals surface area contributed by atoms with Crippen molar-refractivity contribution in [1.29, 1.82) is 0 Å². The molecular formula is C38H71Br2N5O9. The molecule has 316 valence electrons. The molecule has 0 saturated carbocycles. The summed E-state index contributed by atoms with van der Waals surface area (Å²) >= 11 is 6.15. The van der Waals surface area contributed by atoms with Crippen LogP contribution in [-0.4, -0.2) is 125 Å². The molecule has 54 heavy (non-hydrogen) atoms. The Kier molecular flexibility index (Phi) is 39.4. The van der Waals surface area contributed by atoms with Gasteiger partial charge in [-0.2, -0.15) is 0 Å². The Morgan fingerprint density at radius 2 is 0.870 bits per heavy atom. The minimum absolute atomic E-state index is 0.0797. The van der Waals surface area contributed by atoms with E-state index in [1.54, 1.807) is 0 Å². The molecule has 0 aromatic heterocycles. The number of rotatable bonds is 40. The van der Waals surface area contributed by atoms with Crippen molar-refractivity contribution in [1.82, 2.24) is 26.6 Å². The molecule has 0 aliphatic rings. The lowest BCUT2D eigenvalue weighted by Crippen LogP contribution is -2.48. The van der Waals surface area contributed by atoms with E-state index < -0.39 is 6.04 Å². The first-order valence-electron chi connectivity index (χ1n) is 20.1. The molecule has 0 heterocycles. The van der Waals surface area contributed by atoms with E-state index in [4.69, 9.17) is 18.9 Å². The Morgan fingerprint density at radius 1 is 0.444 bits per heavy atom. The van der Waals surface area contributed by atoms with Crippen molar-refractivity contribution in [3.05, 3.63) is 0 Å². The first-order chi connectivity index (χ1) is 26.3. The maximum absolute atomic E-state index is 12.5. The Hall–Kier alpha value is -1.85. The van der Waals surface area contributed by atoms with Gasteiger partial charge in [-0.25, -0.2) is 0 Å². The third-order valence-electron chi connectivity index (χ3n) is 8.29. The second kappa shape index (κ2) is 40.8. The van der Waals surface area contributed by atoms with E-state index in [0.717, 1.165) is 12.8 Å². The second-order valence-corrected chi connectivity index (χ2v) is 14.2. The highest BCUT2D eigenvalue weighted by molar-refractivity contribution is 9.09. The zero-order valence-corrected chi connectivity index (χ0v) is 36.1. The molecule has 5 N–H and O–H groups in total. The summed E-state index contributed by atoms with van der Waals surface area (Å²) in [4.78, 5) is 59.6. The van der Waals surface area contributed by atoms with Crippen LogP contribution in [0.25, 0.3) is 0 Å². The molecule has 0 aliphatic carbocycles. The van der Waals surface area contributed by atoms with Crippen molar-refractivity contribution in [2.45, 2.75) is 122 Å². The van der Waals surface area contributed by atoms with Gasteiger partial charge in [0.15, 0.2) is 0 Å². The number of nitrogens with one attached hydrogen (secondary N) is 5. The fourth-order valence-electron chi connectivity index (χ4n) is 5.27. The van der Waals surface area contributed by atoms with Crippen LogP contribution in [0, 0.1) is 0 Å². The lowest BCUT2D eigenvalue weighted by Gasteiger charge is -2.18. The summed E-state index contributed by atoms with van der Waals surface area (Å²) in [5.74, 6) is -0.833. The number of carbonyl (C=O) groups is 5. The molecule has 0 bridgehead atoms. The van der Waals surface area contributed by atoms with Crippen LogP contribution in [0.5, 0.6) is 0 Å². The molecule has 0 spiro atoms. The molecule has 0 rings (SSSR count). The number of hydrogen-bond donors (Lipinski definition) is 5. The monoisotopic (exact) mass is 899 g/mol. The number of amides is 5. The average molecular weight is 902 g/mol. The van der Waals surface area contributed by atoms with E-state index in [2.05, 4.69) is 65.4 Å². The normalized spacial score (nSPS) is 11.5. The summed E-state index contributed by atoms with van der Waals surface area (Å²) < 4.78 is 21.9. The Morgan fingerprint density at radius 3 is 1.37 bits per heavy atom. The maximum Gasteiger partial charge on any atom is 0.242 e. The molecule has 0 saturated heterocycles. The lowest BCUT2D eigenvalue weighted by atomic mass is 10.0. The molecule has 0 unspecified atom stereocenters. The highest BCUT2D eigenvalue weighted by Crippen LogP contribution is 2.13. The van der Waals surface area contributed by atoms with Crippen molar-refractivity contribution >= 4 is 61.4 Å². The van der Waals surface area contributed by atoms with Crippen molar-refractivity contribution in [3.63, 3.8) is 0 Å². The van der Waals surface area contributed by atoms with Gasteiger partial charge in [0.05, 0.1) is 63.5 Å². The molecular weight excluding hydrogens is 830 g/mol. The van der Waals surface area contributed by atoms with Crippen LogP contribution in [0.15, 0.2) is 0 Å². The summed E-state index contributed by atoms with van der Waals surface area (Å²) in [7, 11) is 0. The van der Waals surface area contributed by atoms with Gasteiger partial charge in [0, 0.05) is 39.0 Å². The van der Waals surface area contributed by atoms with Gasteiger partial charge in [-0.05, 0) is 19.3 Å². The molecule has 0 aromatic rings. The summed E-state index contributed by atoms with van der Waals surface area (Å²) in [6.45, 7) is 6.54. The summed E-state index contributed by atoms with van der Waals surface area (Å²) in [5.41, 5.74) is 0. The van der Waals surface area contributed by atoms with Crippen LogP contribution in [0.2, 0.25) is 0 Å². The minimum Gasteiger partial charge on any atom is -0.379 e. The van der Waals surface area contributed by atoms with E-state index in [0.29, 0.717) is 78.5 Å². The van der Waals surface area contributed by atoms with E-state index >= 15 is 0 Å². The first kappa shape index (κ1) is 52.2. The predicted octanol–water partition coefficient (Wildman–Crippen LogP) is 4.44. The third kappa shape index (κ3) is 37.1. The summed E-state index contributed by atoms with van der Waals surface area (Å²) in [5, 5.41) is 14.1. The number of hydrogen-bond acceptors (Lipinski definition) is 9. The van der Waals surface area contributed by atoms with Crippen LogP contribution in [0.4, 0.5) is 0 Å². The zero-order valence-electron chi connectivity index (χ0n) is 32.9. The van der Waals surface area contributed by atoms with E-state index in [1.165, 1.54) is 70.6 Å². The van der Waals surface area contributed by atoms with Gasteiger partial charge < -0.3 is 45.5 Å². The number of alkyl halides is 2. The molecule has 0 radical (unpaired) electrons. The van der Waals surface area contributed by atoms with Crippen LogP contribution in [0.3, 0.4) is 0 Å². The van der Waals surface area contributed by atoms with Crippen molar-refractivity contribution in [3.8, 4) is 0 Å². The predicted molar refractivity (Wildman–Crippen MR) is 219 cm³/mol. The highest BCUT2D eigenvalue weighted by atomic mass is 79.9. The minimum atomic E-state index is -0.717. The van der Waals surface area contributed by atoms with Crippen molar-refractivity contribution in [2.75, 3.05) is 89.7 Å². The van der Waals surface area contributed by atoms with Gasteiger partial charge >= 0.3 is 0 Å². The van der Waals surface area contributed by atoms with Crippen LogP contribution in [-0.2, 0) is 42.9 Å². The number of ether oxygens (including phenoxy) is 4. The van der Waals surface area contributed by atoms with E-state index in [9.17, 15) is 24.0 Å². The number of carbonyl (C=O) groups excluding carboxylic acids is 5. The van der Waals surface area contributed by atoms with Gasteiger partial charge in [0.25, 0.3) is 0 Å². The largest absolute Gasteiger partial charge is 0.379 e. The Labute approximate surface area is 341 Å². The molecule has 0 aromatic carbocycles. The zero-order chi connectivity index (χ0) is 39.7. The lowest BCUT2D eigenvalue weighted by molar-refractivity contribution is -0.128. The van der Waals surface area contributed by atoms with Gasteiger partial charge in [-0.3, -0.25) is 24.0 Å². The van der Waals surface area contributed by atoms with Gasteiger partial charge in [-0.1, -0.05) is 116 Å². The number of halogens is 2. The molecule has 5 amide bonds. The average Bonchev–Trinajstić information content (AvgIpc) is 3.17. The molecule has 16 heteroatoms. The van der Waals surface area contributed by atoms with Crippen LogP contribution in [0.1, 0.15) is 116 Å². The number of unbranched alkanes of at least 4 members (excludes halogenated alkanes) is 12. The van der Waals surface area contributed by atoms with Gasteiger partial charge in [0.1, 0.15) is 6.04 Å². The van der Waals surface area contributed by atoms with Gasteiger partial charge in [0.2, 0.25) is 29.5 Å². The molecule has 0 fully saturated rings. The van der Waals surface area contributed by atoms with Crippen molar-refractivity contribution < 1.29 is 42.9 Å². The quantitative estimate of drug-likeness (QED) is 0.0439. The Bertz CT molecular complexity index is 953. The fraction of sp³-hybridized carbons (Fsp3) is 0.868. The first-order valence-corrected chi connectivity index (χ1v) is 22.4.